The molecule has 13 heteroatoms. The quantitative estimate of drug-likeness (QED) is 0.0198. The third-order valence-electron chi connectivity index (χ3n) is 11.0. The number of unbranched alkanes of at least 4 members (excludes halogenated alkanes) is 23. The molecule has 0 aromatic carbocycles. The van der Waals surface area contributed by atoms with E-state index in [4.69, 9.17) is 18.9 Å². The number of aliphatic hydroxyl groups is 3. The van der Waals surface area contributed by atoms with E-state index in [2.05, 4.69) is 26.0 Å². The van der Waals surface area contributed by atoms with E-state index >= 15 is 0 Å². The first-order valence-corrected chi connectivity index (χ1v) is 25.9. The molecule has 2 unspecified atom stereocenters. The number of carbonyl (C=O) groups excluding carboxylic acids is 2. The van der Waals surface area contributed by atoms with Crippen LogP contribution in [-0.2, 0) is 38.7 Å². The van der Waals surface area contributed by atoms with Crippen molar-refractivity contribution in [2.45, 2.75) is 230 Å². The largest absolute Gasteiger partial charge is 0.462 e. The van der Waals surface area contributed by atoms with E-state index in [1.807, 2.05) is 36.5 Å². The van der Waals surface area contributed by atoms with Gasteiger partial charge < -0.3 is 34.3 Å². The molecule has 0 saturated carbocycles. The van der Waals surface area contributed by atoms with Crippen molar-refractivity contribution in [2.75, 3.05) is 19.0 Å². The van der Waals surface area contributed by atoms with Crippen molar-refractivity contribution in [3.8, 4) is 0 Å². The SMILES string of the molecule is CC/C=C/C=C/C=C/C=C/CCCCCCCC(=O)O[C@H](COC(=O)CCCCCCCCCCCCCCCCCCCCC)CO[C@H]1O[C@H](CS(=O)(=O)O)[C@@H](O)C(O)C1O. The van der Waals surface area contributed by atoms with Gasteiger partial charge in [0.05, 0.1) is 6.61 Å². The summed E-state index contributed by atoms with van der Waals surface area (Å²) in [6, 6.07) is 0. The second-order valence-electron chi connectivity index (χ2n) is 16.8. The minimum atomic E-state index is -4.61. The molecule has 62 heavy (non-hydrogen) atoms. The van der Waals surface area contributed by atoms with Crippen LogP contribution >= 0.6 is 0 Å². The third kappa shape index (κ3) is 33.2. The number of allylic oxidation sites excluding steroid dienone is 8. The molecule has 0 bridgehead atoms. The van der Waals surface area contributed by atoms with Crippen LogP contribution in [0.3, 0.4) is 0 Å². The number of carbonyl (C=O) groups is 2. The van der Waals surface area contributed by atoms with E-state index in [1.165, 1.54) is 96.3 Å². The monoisotopic (exact) mass is 899 g/mol. The lowest BCUT2D eigenvalue weighted by Gasteiger charge is -2.40. The molecule has 0 aromatic rings. The lowest BCUT2D eigenvalue weighted by molar-refractivity contribution is -0.297. The van der Waals surface area contributed by atoms with Crippen molar-refractivity contribution in [3.05, 3.63) is 48.6 Å². The van der Waals surface area contributed by atoms with Gasteiger partial charge in [0.2, 0.25) is 0 Å². The van der Waals surface area contributed by atoms with Crippen LogP contribution in [0.1, 0.15) is 194 Å². The predicted molar refractivity (Wildman–Crippen MR) is 247 cm³/mol. The van der Waals surface area contributed by atoms with Crippen LogP contribution in [0, 0.1) is 0 Å². The fourth-order valence-corrected chi connectivity index (χ4v) is 7.97. The van der Waals surface area contributed by atoms with Crippen LogP contribution in [-0.4, -0.2) is 96.0 Å². The van der Waals surface area contributed by atoms with Crippen LogP contribution < -0.4 is 0 Å². The fourth-order valence-electron chi connectivity index (χ4n) is 7.28. The summed E-state index contributed by atoms with van der Waals surface area (Å²) in [5.74, 6) is -2.01. The topological polar surface area (TPSA) is 186 Å². The van der Waals surface area contributed by atoms with Crippen LogP contribution in [0.4, 0.5) is 0 Å². The Labute approximate surface area is 375 Å². The highest BCUT2D eigenvalue weighted by molar-refractivity contribution is 7.85. The van der Waals surface area contributed by atoms with Crippen molar-refractivity contribution < 1.29 is 56.8 Å². The molecule has 1 fully saturated rings. The molecule has 0 amide bonds. The Morgan fingerprint density at radius 1 is 0.565 bits per heavy atom. The molecule has 1 aliphatic rings. The fraction of sp³-hybridized carbons (Fsp3) is 0.796. The van der Waals surface area contributed by atoms with Crippen molar-refractivity contribution >= 4 is 22.1 Å². The summed E-state index contributed by atoms with van der Waals surface area (Å²) in [5, 5.41) is 30.9. The molecular weight excluding hydrogens is 813 g/mol. The van der Waals surface area contributed by atoms with E-state index in [0.29, 0.717) is 12.8 Å². The van der Waals surface area contributed by atoms with Crippen LogP contribution in [0.5, 0.6) is 0 Å². The van der Waals surface area contributed by atoms with Crippen LogP contribution in [0.25, 0.3) is 0 Å². The molecule has 0 aromatic heterocycles. The first-order chi connectivity index (χ1) is 30.0. The third-order valence-corrected chi connectivity index (χ3v) is 11.8. The maximum absolute atomic E-state index is 12.8. The van der Waals surface area contributed by atoms with Gasteiger partial charge in [0, 0.05) is 12.8 Å². The summed E-state index contributed by atoms with van der Waals surface area (Å²) in [5.41, 5.74) is 0. The summed E-state index contributed by atoms with van der Waals surface area (Å²) >= 11 is 0. The molecular formula is C49H86O12S. The first kappa shape index (κ1) is 57.6. The zero-order valence-electron chi connectivity index (χ0n) is 38.5. The van der Waals surface area contributed by atoms with Gasteiger partial charge in [0.25, 0.3) is 10.1 Å². The average Bonchev–Trinajstić information content (AvgIpc) is 3.24. The Morgan fingerprint density at radius 3 is 1.52 bits per heavy atom. The normalized spacial score (nSPS) is 20.3. The number of hydrogen-bond acceptors (Lipinski definition) is 11. The van der Waals surface area contributed by atoms with E-state index in [9.17, 15) is 37.9 Å². The molecule has 4 N–H and O–H groups in total. The van der Waals surface area contributed by atoms with Gasteiger partial charge in [-0.15, -0.1) is 0 Å². The number of hydrogen-bond donors (Lipinski definition) is 4. The summed E-state index contributed by atoms with van der Waals surface area (Å²) < 4.78 is 54.1. The maximum Gasteiger partial charge on any atom is 0.306 e. The smallest absolute Gasteiger partial charge is 0.306 e. The molecule has 0 spiro atoms. The highest BCUT2D eigenvalue weighted by Gasteiger charge is 2.46. The van der Waals surface area contributed by atoms with Gasteiger partial charge in [-0.05, 0) is 32.1 Å². The Hall–Kier alpha value is -2.39. The van der Waals surface area contributed by atoms with E-state index < -0.39 is 71.2 Å². The van der Waals surface area contributed by atoms with Crippen molar-refractivity contribution in [1.82, 2.24) is 0 Å². The molecule has 0 radical (unpaired) electrons. The van der Waals surface area contributed by atoms with Crippen LogP contribution in [0.2, 0.25) is 0 Å². The molecule has 12 nitrogen and oxygen atoms in total. The van der Waals surface area contributed by atoms with E-state index in [-0.39, 0.29) is 19.4 Å². The second-order valence-corrected chi connectivity index (χ2v) is 18.3. The van der Waals surface area contributed by atoms with E-state index in [0.717, 1.165) is 57.8 Å². The lowest BCUT2D eigenvalue weighted by Crippen LogP contribution is -2.60. The van der Waals surface area contributed by atoms with Gasteiger partial charge in [-0.2, -0.15) is 8.42 Å². The van der Waals surface area contributed by atoms with Crippen molar-refractivity contribution in [2.24, 2.45) is 0 Å². The van der Waals surface area contributed by atoms with Crippen LogP contribution in [0.15, 0.2) is 48.6 Å². The Balaban J connectivity index is 2.40. The van der Waals surface area contributed by atoms with E-state index in [1.54, 1.807) is 0 Å². The summed E-state index contributed by atoms with van der Waals surface area (Å²) in [4.78, 5) is 25.5. The highest BCUT2D eigenvalue weighted by Crippen LogP contribution is 2.24. The predicted octanol–water partition coefficient (Wildman–Crippen LogP) is 10.3. The minimum Gasteiger partial charge on any atom is -0.462 e. The summed E-state index contributed by atoms with van der Waals surface area (Å²) in [6.07, 6.45) is 37.3. The number of aliphatic hydroxyl groups excluding tert-OH is 3. The molecule has 0 aliphatic carbocycles. The molecule has 1 rings (SSSR count). The molecule has 360 valence electrons. The number of rotatable bonds is 40. The Bertz CT molecular complexity index is 1330. The average molecular weight is 899 g/mol. The maximum atomic E-state index is 12.8. The summed E-state index contributed by atoms with van der Waals surface area (Å²) in [7, 11) is -4.61. The zero-order valence-corrected chi connectivity index (χ0v) is 39.3. The Morgan fingerprint density at radius 2 is 1.02 bits per heavy atom. The molecule has 1 saturated heterocycles. The van der Waals surface area contributed by atoms with Gasteiger partial charge in [-0.1, -0.05) is 197 Å². The number of ether oxygens (including phenoxy) is 4. The van der Waals surface area contributed by atoms with Gasteiger partial charge in [0.1, 0.15) is 36.8 Å². The lowest BCUT2D eigenvalue weighted by atomic mass is 10.00. The van der Waals surface area contributed by atoms with Gasteiger partial charge >= 0.3 is 11.9 Å². The van der Waals surface area contributed by atoms with Gasteiger partial charge in [-0.3, -0.25) is 14.1 Å². The van der Waals surface area contributed by atoms with Crippen molar-refractivity contribution in [3.63, 3.8) is 0 Å². The van der Waals surface area contributed by atoms with Gasteiger partial charge in [0.15, 0.2) is 12.4 Å². The molecule has 1 heterocycles. The highest BCUT2D eigenvalue weighted by atomic mass is 32.2. The zero-order chi connectivity index (χ0) is 45.5. The molecule has 6 atom stereocenters. The molecule has 1 aliphatic heterocycles. The minimum absolute atomic E-state index is 0.138. The standard InChI is InChI=1S/C49H86O12S/c1-3-5-7-9-11-13-15-17-19-20-21-22-24-25-27-29-31-33-35-37-44(50)58-39-42(40-59-49-48(54)47(53)46(52)43(61-49)41-62(55,56)57)60-45(51)38-36-34-32-30-28-26-23-18-16-14-12-10-8-6-4-2/h6,8,10,12,14,16,18,23,42-43,46-49,52-54H,3-5,7,9,11,13,15,17,19-22,24-41H2,1-2H3,(H,55,56,57)/b8-6+,12-10+,16-14+,23-18+/t42-,43-,46-,47?,48?,49+/m1/s1. The second kappa shape index (κ2) is 39.0. The Kier molecular flexibility index (Phi) is 36.3. The van der Waals surface area contributed by atoms with Crippen molar-refractivity contribution in [1.29, 1.82) is 0 Å². The summed E-state index contributed by atoms with van der Waals surface area (Å²) in [6.45, 7) is 3.62. The number of esters is 2. The first-order valence-electron chi connectivity index (χ1n) is 24.2. The van der Waals surface area contributed by atoms with Gasteiger partial charge in [-0.25, -0.2) is 0 Å².